The Kier molecular flexibility index (Phi) is 5.82. The third kappa shape index (κ3) is 3.63. The van der Waals surface area contributed by atoms with Crippen molar-refractivity contribution in [1.82, 2.24) is 0 Å². The van der Waals surface area contributed by atoms with Crippen LogP contribution in [0.2, 0.25) is 0 Å². The van der Waals surface area contributed by atoms with Crippen LogP contribution >= 0.6 is 0 Å². The minimum atomic E-state index is -0.477. The number of hydrogen-bond donors (Lipinski definition) is 3. The fourth-order valence-electron chi connectivity index (χ4n) is 2.06. The molecule has 1 aromatic rings. The number of carbonyl (C=O) groups is 1. The zero-order valence-corrected chi connectivity index (χ0v) is 12.4. The van der Waals surface area contributed by atoms with Crippen LogP contribution in [0, 0.1) is 5.41 Å². The molecule has 0 atom stereocenters. The number of ether oxygens (including phenoxy) is 1. The molecule has 0 aliphatic heterocycles. The lowest BCUT2D eigenvalue weighted by Gasteiger charge is -2.30. The van der Waals surface area contributed by atoms with Gasteiger partial charge in [-0.25, -0.2) is 0 Å². The van der Waals surface area contributed by atoms with Gasteiger partial charge in [0, 0.05) is 17.5 Å². The first-order valence-electron chi connectivity index (χ1n) is 6.84. The second-order valence-electron chi connectivity index (χ2n) is 5.00. The molecule has 5 nitrogen and oxygen atoms in total. The van der Waals surface area contributed by atoms with Gasteiger partial charge in [0.25, 0.3) is 0 Å². The summed E-state index contributed by atoms with van der Waals surface area (Å²) in [5.74, 6) is 0.171. The molecule has 0 fully saturated rings. The summed E-state index contributed by atoms with van der Waals surface area (Å²) in [6.45, 7) is 4.83. The highest BCUT2D eigenvalue weighted by Gasteiger charge is 2.25. The standard InChI is InChI=1S/C15H24N2O3/c1-4-15(5-2,10-18)9-17-12-8-11(14(16)19)6-7-13(12)20-3/h6-8,17-18H,4-5,9-10H2,1-3H3,(H2,16,19). The summed E-state index contributed by atoms with van der Waals surface area (Å²) in [5.41, 5.74) is 6.25. The van der Waals surface area contributed by atoms with Crippen molar-refractivity contribution in [2.45, 2.75) is 26.7 Å². The molecule has 0 aliphatic rings. The van der Waals surface area contributed by atoms with Crippen LogP contribution in [0.25, 0.3) is 0 Å². The fraction of sp³-hybridized carbons (Fsp3) is 0.533. The van der Waals surface area contributed by atoms with Gasteiger partial charge in [-0.15, -0.1) is 0 Å². The van der Waals surface area contributed by atoms with Crippen LogP contribution in [-0.2, 0) is 0 Å². The number of nitrogens with one attached hydrogen (secondary N) is 1. The lowest BCUT2D eigenvalue weighted by atomic mass is 9.83. The molecule has 0 spiro atoms. The van der Waals surface area contributed by atoms with Crippen molar-refractivity contribution < 1.29 is 14.6 Å². The fourth-order valence-corrected chi connectivity index (χ4v) is 2.06. The number of amides is 1. The number of nitrogens with two attached hydrogens (primary N) is 1. The lowest BCUT2D eigenvalue weighted by molar-refractivity contribution is 0.1000. The van der Waals surface area contributed by atoms with E-state index in [4.69, 9.17) is 10.5 Å². The van der Waals surface area contributed by atoms with Gasteiger partial charge in [-0.1, -0.05) is 13.8 Å². The molecule has 112 valence electrons. The normalized spacial score (nSPS) is 11.2. The van der Waals surface area contributed by atoms with E-state index in [1.807, 2.05) is 0 Å². The van der Waals surface area contributed by atoms with Crippen LogP contribution in [0.1, 0.15) is 37.0 Å². The molecular weight excluding hydrogens is 256 g/mol. The third-order valence-corrected chi connectivity index (χ3v) is 3.97. The van der Waals surface area contributed by atoms with E-state index < -0.39 is 5.91 Å². The maximum absolute atomic E-state index is 11.2. The largest absolute Gasteiger partial charge is 0.495 e. The Bertz CT molecular complexity index is 448. The highest BCUT2D eigenvalue weighted by Crippen LogP contribution is 2.30. The topological polar surface area (TPSA) is 84.6 Å². The Morgan fingerprint density at radius 1 is 1.40 bits per heavy atom. The minimum absolute atomic E-state index is 0.116. The Hall–Kier alpha value is -1.75. The molecule has 0 heterocycles. The SMILES string of the molecule is CCC(CC)(CO)CNc1cc(C(N)=O)ccc1OC. The molecule has 4 N–H and O–H groups in total. The zero-order valence-electron chi connectivity index (χ0n) is 12.4. The molecule has 0 radical (unpaired) electrons. The number of aliphatic hydroxyl groups is 1. The summed E-state index contributed by atoms with van der Waals surface area (Å²) in [6.07, 6.45) is 1.73. The molecule has 5 heteroatoms. The van der Waals surface area contributed by atoms with Crippen molar-refractivity contribution >= 4 is 11.6 Å². The summed E-state index contributed by atoms with van der Waals surface area (Å²) >= 11 is 0. The molecule has 0 aliphatic carbocycles. The predicted octanol–water partition coefficient (Wildman–Crippen LogP) is 2.00. The molecule has 20 heavy (non-hydrogen) atoms. The number of anilines is 1. The number of hydrogen-bond acceptors (Lipinski definition) is 4. The molecular formula is C15H24N2O3. The maximum atomic E-state index is 11.2. The van der Waals surface area contributed by atoms with Gasteiger partial charge in [-0.3, -0.25) is 4.79 Å². The average Bonchev–Trinajstić information content (AvgIpc) is 2.49. The summed E-state index contributed by atoms with van der Waals surface area (Å²) in [7, 11) is 1.57. The Labute approximate surface area is 120 Å². The van der Waals surface area contributed by atoms with Gasteiger partial charge in [0.15, 0.2) is 0 Å². The van der Waals surface area contributed by atoms with Crippen molar-refractivity contribution in [3.05, 3.63) is 23.8 Å². The molecule has 0 bridgehead atoms. The number of methoxy groups -OCH3 is 1. The second kappa shape index (κ2) is 7.14. The number of primary amides is 1. The van der Waals surface area contributed by atoms with E-state index in [9.17, 15) is 9.90 Å². The summed E-state index contributed by atoms with van der Waals surface area (Å²) in [5, 5.41) is 12.8. The van der Waals surface area contributed by atoms with E-state index in [2.05, 4.69) is 19.2 Å². The number of carbonyl (C=O) groups excluding carboxylic acids is 1. The molecule has 1 amide bonds. The van der Waals surface area contributed by atoms with Crippen molar-refractivity contribution in [3.63, 3.8) is 0 Å². The monoisotopic (exact) mass is 280 g/mol. The maximum Gasteiger partial charge on any atom is 0.248 e. The van der Waals surface area contributed by atoms with E-state index in [0.717, 1.165) is 12.8 Å². The highest BCUT2D eigenvalue weighted by atomic mass is 16.5. The quantitative estimate of drug-likeness (QED) is 0.680. The molecule has 1 rings (SSSR count). The summed E-state index contributed by atoms with van der Waals surface area (Å²) in [4.78, 5) is 11.2. The van der Waals surface area contributed by atoms with Crippen LogP contribution in [0.4, 0.5) is 5.69 Å². The first-order chi connectivity index (χ1) is 9.51. The van der Waals surface area contributed by atoms with Crippen LogP contribution in [0.5, 0.6) is 5.75 Å². The van der Waals surface area contributed by atoms with Gasteiger partial charge in [-0.05, 0) is 31.0 Å². The van der Waals surface area contributed by atoms with E-state index >= 15 is 0 Å². The van der Waals surface area contributed by atoms with Gasteiger partial charge in [0.05, 0.1) is 19.4 Å². The first-order valence-corrected chi connectivity index (χ1v) is 6.84. The minimum Gasteiger partial charge on any atom is -0.495 e. The summed E-state index contributed by atoms with van der Waals surface area (Å²) < 4.78 is 5.27. The zero-order chi connectivity index (χ0) is 15.2. The van der Waals surface area contributed by atoms with E-state index in [1.165, 1.54) is 0 Å². The van der Waals surface area contributed by atoms with Crippen molar-refractivity contribution in [1.29, 1.82) is 0 Å². The van der Waals surface area contributed by atoms with Crippen LogP contribution < -0.4 is 15.8 Å². The van der Waals surface area contributed by atoms with Crippen LogP contribution in [-0.4, -0.2) is 31.3 Å². The molecule has 0 unspecified atom stereocenters. The van der Waals surface area contributed by atoms with Crippen molar-refractivity contribution in [2.75, 3.05) is 25.6 Å². The van der Waals surface area contributed by atoms with Gasteiger partial charge in [-0.2, -0.15) is 0 Å². The predicted molar refractivity (Wildman–Crippen MR) is 80.1 cm³/mol. The Morgan fingerprint density at radius 2 is 2.05 bits per heavy atom. The van der Waals surface area contributed by atoms with Crippen LogP contribution in [0.3, 0.4) is 0 Å². The first kappa shape index (κ1) is 16.3. The Morgan fingerprint density at radius 3 is 2.50 bits per heavy atom. The summed E-state index contributed by atoms with van der Waals surface area (Å²) in [6, 6.07) is 5.01. The van der Waals surface area contributed by atoms with E-state index in [0.29, 0.717) is 23.5 Å². The number of aliphatic hydroxyl groups excluding tert-OH is 1. The van der Waals surface area contributed by atoms with Gasteiger partial charge in [0.1, 0.15) is 5.75 Å². The van der Waals surface area contributed by atoms with E-state index in [-0.39, 0.29) is 12.0 Å². The highest BCUT2D eigenvalue weighted by molar-refractivity contribution is 5.94. The average molecular weight is 280 g/mol. The third-order valence-electron chi connectivity index (χ3n) is 3.97. The van der Waals surface area contributed by atoms with E-state index in [1.54, 1.807) is 25.3 Å². The molecule has 0 aromatic heterocycles. The van der Waals surface area contributed by atoms with Gasteiger partial charge >= 0.3 is 0 Å². The smallest absolute Gasteiger partial charge is 0.248 e. The second-order valence-corrected chi connectivity index (χ2v) is 5.00. The van der Waals surface area contributed by atoms with Crippen molar-refractivity contribution in [3.8, 4) is 5.75 Å². The molecule has 0 saturated heterocycles. The lowest BCUT2D eigenvalue weighted by Crippen LogP contribution is -2.32. The van der Waals surface area contributed by atoms with Gasteiger partial charge in [0.2, 0.25) is 5.91 Å². The Balaban J connectivity index is 2.95. The number of benzene rings is 1. The van der Waals surface area contributed by atoms with Gasteiger partial charge < -0.3 is 20.9 Å². The molecule has 1 aromatic carbocycles. The van der Waals surface area contributed by atoms with Crippen molar-refractivity contribution in [2.24, 2.45) is 11.1 Å². The molecule has 0 saturated carbocycles. The van der Waals surface area contributed by atoms with Crippen LogP contribution in [0.15, 0.2) is 18.2 Å². The number of rotatable bonds is 8.